The van der Waals surface area contributed by atoms with Gasteiger partial charge in [-0.3, -0.25) is 4.79 Å². The van der Waals surface area contributed by atoms with Crippen molar-refractivity contribution in [2.24, 2.45) is 0 Å². The van der Waals surface area contributed by atoms with E-state index < -0.39 is 0 Å². The normalized spacial score (nSPS) is 17.6. The van der Waals surface area contributed by atoms with Crippen molar-refractivity contribution in [2.45, 2.75) is 32.9 Å². The summed E-state index contributed by atoms with van der Waals surface area (Å²) in [4.78, 5) is 12.4. The molecule has 94 valence electrons. The van der Waals surface area contributed by atoms with Gasteiger partial charge in [0, 0.05) is 0 Å². The van der Waals surface area contributed by atoms with Crippen LogP contribution in [-0.2, 0) is 13.0 Å². The quantitative estimate of drug-likeness (QED) is 0.810. The first kappa shape index (κ1) is 11.1. The Balaban J connectivity index is 2.25. The first-order chi connectivity index (χ1) is 8.72. The van der Waals surface area contributed by atoms with E-state index >= 15 is 0 Å². The van der Waals surface area contributed by atoms with Crippen LogP contribution in [0.25, 0.3) is 5.69 Å². The average molecular weight is 244 g/mol. The Labute approximate surface area is 105 Å². The molecular formula is C14H16N2O2. The summed E-state index contributed by atoms with van der Waals surface area (Å²) in [5, 5.41) is 0. The second kappa shape index (κ2) is 4.05. The summed E-state index contributed by atoms with van der Waals surface area (Å²) in [6.45, 7) is 4.73. The number of fused-ring (bicyclic) bond motifs is 1. The van der Waals surface area contributed by atoms with Crippen LogP contribution in [0.3, 0.4) is 0 Å². The maximum atomic E-state index is 12.4. The van der Waals surface area contributed by atoms with E-state index in [1.165, 1.54) is 0 Å². The lowest BCUT2D eigenvalue weighted by molar-refractivity contribution is 0.250. The van der Waals surface area contributed by atoms with Gasteiger partial charge in [-0.05, 0) is 25.5 Å². The standard InChI is InChI=1S/C14H16N2O2/c1-3-12-13(17)16(11-7-5-4-6-8-11)15-9-10(2)18-14(12)15/h4-8,10H,3,9H2,1-2H3. The highest BCUT2D eigenvalue weighted by atomic mass is 16.5. The van der Waals surface area contributed by atoms with Crippen LogP contribution in [0.1, 0.15) is 19.4 Å². The number of rotatable bonds is 2. The highest BCUT2D eigenvalue weighted by Gasteiger charge is 2.28. The van der Waals surface area contributed by atoms with Crippen LogP contribution in [0.5, 0.6) is 5.88 Å². The Morgan fingerprint density at radius 3 is 2.72 bits per heavy atom. The van der Waals surface area contributed by atoms with Crippen molar-refractivity contribution in [1.82, 2.24) is 9.36 Å². The molecular weight excluding hydrogens is 228 g/mol. The highest BCUT2D eigenvalue weighted by Crippen LogP contribution is 2.26. The van der Waals surface area contributed by atoms with Crippen molar-refractivity contribution in [3.05, 3.63) is 46.2 Å². The fourth-order valence-electron chi connectivity index (χ4n) is 2.47. The maximum absolute atomic E-state index is 12.4. The lowest BCUT2D eigenvalue weighted by atomic mass is 10.2. The number of aromatic nitrogens is 2. The molecule has 0 amide bonds. The lowest BCUT2D eigenvalue weighted by Gasteiger charge is -2.07. The Morgan fingerprint density at radius 1 is 1.33 bits per heavy atom. The Hall–Kier alpha value is -1.97. The van der Waals surface area contributed by atoms with E-state index in [2.05, 4.69) is 0 Å². The molecule has 1 aromatic heterocycles. The van der Waals surface area contributed by atoms with Crippen molar-refractivity contribution in [3.63, 3.8) is 0 Å². The molecule has 0 bridgehead atoms. The van der Waals surface area contributed by atoms with E-state index in [1.807, 2.05) is 48.9 Å². The number of hydrogen-bond donors (Lipinski definition) is 0. The van der Waals surface area contributed by atoms with Gasteiger partial charge in [0.1, 0.15) is 6.10 Å². The lowest BCUT2D eigenvalue weighted by Crippen LogP contribution is -2.24. The zero-order valence-electron chi connectivity index (χ0n) is 10.6. The first-order valence-corrected chi connectivity index (χ1v) is 6.29. The van der Waals surface area contributed by atoms with E-state index in [-0.39, 0.29) is 11.7 Å². The van der Waals surface area contributed by atoms with Gasteiger partial charge in [-0.15, -0.1) is 0 Å². The molecule has 1 aliphatic rings. The minimum Gasteiger partial charge on any atom is -0.473 e. The van der Waals surface area contributed by atoms with Crippen LogP contribution < -0.4 is 10.3 Å². The summed E-state index contributed by atoms with van der Waals surface area (Å²) >= 11 is 0. The van der Waals surface area contributed by atoms with Gasteiger partial charge < -0.3 is 4.74 Å². The second-order valence-electron chi connectivity index (χ2n) is 4.60. The summed E-state index contributed by atoms with van der Waals surface area (Å²) < 4.78 is 9.42. The van der Waals surface area contributed by atoms with Crippen LogP contribution >= 0.6 is 0 Å². The SMILES string of the molecule is CCc1c2n(n(-c3ccccc3)c1=O)CC(C)O2. The number of nitrogens with zero attached hydrogens (tertiary/aromatic N) is 2. The summed E-state index contributed by atoms with van der Waals surface area (Å²) in [7, 11) is 0. The van der Waals surface area contributed by atoms with Crippen molar-refractivity contribution >= 4 is 0 Å². The van der Waals surface area contributed by atoms with Crippen LogP contribution in [0.2, 0.25) is 0 Å². The van der Waals surface area contributed by atoms with Gasteiger partial charge in [0.15, 0.2) is 0 Å². The van der Waals surface area contributed by atoms with Gasteiger partial charge in [-0.2, -0.15) is 0 Å². The molecule has 2 heterocycles. The molecule has 4 heteroatoms. The molecule has 2 aromatic rings. The largest absolute Gasteiger partial charge is 0.473 e. The number of para-hydroxylation sites is 1. The summed E-state index contributed by atoms with van der Waals surface area (Å²) in [6, 6.07) is 9.70. The Kier molecular flexibility index (Phi) is 2.51. The Bertz CT molecular complexity index is 625. The van der Waals surface area contributed by atoms with Gasteiger partial charge >= 0.3 is 0 Å². The molecule has 0 radical (unpaired) electrons. The van der Waals surface area contributed by atoms with Crippen LogP contribution in [-0.4, -0.2) is 15.5 Å². The van der Waals surface area contributed by atoms with Gasteiger partial charge in [0.25, 0.3) is 5.56 Å². The van der Waals surface area contributed by atoms with Gasteiger partial charge in [-0.25, -0.2) is 9.36 Å². The average Bonchev–Trinajstić information content (AvgIpc) is 2.84. The van der Waals surface area contributed by atoms with Crippen molar-refractivity contribution in [1.29, 1.82) is 0 Å². The molecule has 0 aliphatic carbocycles. The minimum atomic E-state index is 0.0330. The molecule has 0 N–H and O–H groups in total. The molecule has 3 rings (SSSR count). The van der Waals surface area contributed by atoms with E-state index in [1.54, 1.807) is 4.68 Å². The second-order valence-corrected chi connectivity index (χ2v) is 4.60. The molecule has 1 unspecified atom stereocenters. The Morgan fingerprint density at radius 2 is 2.06 bits per heavy atom. The van der Waals surface area contributed by atoms with E-state index in [9.17, 15) is 4.79 Å². The van der Waals surface area contributed by atoms with Crippen LogP contribution in [0.4, 0.5) is 0 Å². The van der Waals surface area contributed by atoms with E-state index in [0.717, 1.165) is 23.7 Å². The topological polar surface area (TPSA) is 36.2 Å². The summed E-state index contributed by atoms with van der Waals surface area (Å²) in [5.41, 5.74) is 1.69. The third kappa shape index (κ3) is 1.49. The fourth-order valence-corrected chi connectivity index (χ4v) is 2.47. The van der Waals surface area contributed by atoms with Gasteiger partial charge in [0.05, 0.1) is 17.8 Å². The molecule has 0 saturated carbocycles. The monoisotopic (exact) mass is 244 g/mol. The molecule has 18 heavy (non-hydrogen) atoms. The molecule has 4 nitrogen and oxygen atoms in total. The van der Waals surface area contributed by atoms with Crippen LogP contribution in [0, 0.1) is 0 Å². The molecule has 0 fully saturated rings. The van der Waals surface area contributed by atoms with Crippen LogP contribution in [0.15, 0.2) is 35.1 Å². The smallest absolute Gasteiger partial charge is 0.278 e. The van der Waals surface area contributed by atoms with Gasteiger partial charge in [-0.1, -0.05) is 25.1 Å². The molecule has 1 aromatic carbocycles. The third-order valence-corrected chi connectivity index (χ3v) is 3.28. The zero-order valence-corrected chi connectivity index (χ0v) is 10.6. The summed E-state index contributed by atoms with van der Waals surface area (Å²) in [5.74, 6) is 0.735. The minimum absolute atomic E-state index is 0.0330. The van der Waals surface area contributed by atoms with Crippen molar-refractivity contribution < 1.29 is 4.74 Å². The summed E-state index contributed by atoms with van der Waals surface area (Å²) in [6.07, 6.45) is 0.821. The molecule has 0 saturated heterocycles. The number of benzene rings is 1. The van der Waals surface area contributed by atoms with E-state index in [4.69, 9.17) is 4.74 Å². The predicted molar refractivity (Wildman–Crippen MR) is 69.5 cm³/mol. The maximum Gasteiger partial charge on any atom is 0.278 e. The van der Waals surface area contributed by atoms with Gasteiger partial charge in [0.2, 0.25) is 5.88 Å². The fraction of sp³-hybridized carbons (Fsp3) is 0.357. The number of ether oxygens (including phenoxy) is 1. The first-order valence-electron chi connectivity index (χ1n) is 6.29. The molecule has 0 spiro atoms. The highest BCUT2D eigenvalue weighted by molar-refractivity contribution is 5.37. The van der Waals surface area contributed by atoms with Crippen molar-refractivity contribution in [2.75, 3.05) is 0 Å². The zero-order chi connectivity index (χ0) is 12.7. The molecule has 1 atom stereocenters. The molecule has 1 aliphatic heterocycles. The van der Waals surface area contributed by atoms with Crippen molar-refractivity contribution in [3.8, 4) is 11.6 Å². The number of hydrogen-bond acceptors (Lipinski definition) is 2. The predicted octanol–water partition coefficient (Wildman–Crippen LogP) is 1.98. The van der Waals surface area contributed by atoms with E-state index in [0.29, 0.717) is 6.42 Å². The third-order valence-electron chi connectivity index (χ3n) is 3.28.